The maximum absolute atomic E-state index is 12.9. The van der Waals surface area contributed by atoms with Gasteiger partial charge in [-0.1, -0.05) is 6.07 Å². The van der Waals surface area contributed by atoms with Crippen molar-refractivity contribution in [2.45, 2.75) is 19.0 Å². The summed E-state index contributed by atoms with van der Waals surface area (Å²) in [5.74, 6) is 0.383. The fourth-order valence-electron chi connectivity index (χ4n) is 2.66. The minimum absolute atomic E-state index is 0.0986. The van der Waals surface area contributed by atoms with Gasteiger partial charge in [0, 0.05) is 18.6 Å². The van der Waals surface area contributed by atoms with E-state index in [1.54, 1.807) is 24.4 Å². The van der Waals surface area contributed by atoms with Crippen molar-refractivity contribution in [1.29, 1.82) is 0 Å². The van der Waals surface area contributed by atoms with E-state index in [0.29, 0.717) is 17.9 Å². The summed E-state index contributed by atoms with van der Waals surface area (Å²) in [6.45, 7) is -0.416. The minimum Gasteiger partial charge on any atom is -0.488 e. The average molecular weight is 373 g/mol. The van der Waals surface area contributed by atoms with Gasteiger partial charge in [0.2, 0.25) is 0 Å². The van der Waals surface area contributed by atoms with Crippen LogP contribution in [0.2, 0.25) is 0 Å². The van der Waals surface area contributed by atoms with Gasteiger partial charge in [0.25, 0.3) is 0 Å². The van der Waals surface area contributed by atoms with Crippen molar-refractivity contribution in [3.63, 3.8) is 0 Å². The zero-order valence-electron chi connectivity index (χ0n) is 13.4. The zero-order chi connectivity index (χ0) is 19.1. The number of fused-ring (bicyclic) bond motifs is 1. The number of ether oxygens (including phenoxy) is 1. The highest BCUT2D eigenvalue weighted by molar-refractivity contribution is 5.86. The number of rotatable bonds is 3. The van der Waals surface area contributed by atoms with Crippen molar-refractivity contribution in [2.24, 2.45) is 7.05 Å². The van der Waals surface area contributed by atoms with Crippen LogP contribution in [0.4, 0.5) is 26.3 Å². The lowest BCUT2D eigenvalue weighted by molar-refractivity contribution is -0.143. The van der Waals surface area contributed by atoms with Gasteiger partial charge in [0.15, 0.2) is 0 Å². The third kappa shape index (κ3) is 3.63. The van der Waals surface area contributed by atoms with Crippen LogP contribution in [0, 0.1) is 0 Å². The second-order valence-electron chi connectivity index (χ2n) is 5.82. The summed E-state index contributed by atoms with van der Waals surface area (Å²) in [5.41, 5.74) is -2.09. The van der Waals surface area contributed by atoms with Crippen molar-refractivity contribution >= 4 is 10.9 Å². The molecule has 26 heavy (non-hydrogen) atoms. The lowest BCUT2D eigenvalue weighted by Gasteiger charge is -2.15. The van der Waals surface area contributed by atoms with E-state index < -0.39 is 30.1 Å². The molecule has 3 aromatic rings. The quantitative estimate of drug-likeness (QED) is 0.530. The molecule has 0 atom stereocenters. The van der Waals surface area contributed by atoms with Crippen LogP contribution in [0.15, 0.2) is 48.7 Å². The monoisotopic (exact) mass is 373 g/mol. The molecule has 0 saturated heterocycles. The fourth-order valence-corrected chi connectivity index (χ4v) is 2.66. The largest absolute Gasteiger partial charge is 0.488 e. The van der Waals surface area contributed by atoms with E-state index in [-0.39, 0.29) is 11.6 Å². The molecule has 8 heteroatoms. The topological polar surface area (TPSA) is 14.2 Å². The summed E-state index contributed by atoms with van der Waals surface area (Å²) in [6, 6.07) is 8.33. The molecule has 2 aromatic carbocycles. The van der Waals surface area contributed by atoms with Crippen LogP contribution >= 0.6 is 0 Å². The molecule has 0 aliphatic carbocycles. The SMILES string of the molecule is Cn1ccc2c(OCc3cc(C(F)(F)F)cc(C(F)(F)F)c3)cccc21. The second kappa shape index (κ2) is 6.26. The molecule has 0 aliphatic rings. The Morgan fingerprint density at radius 2 is 1.50 bits per heavy atom. The lowest BCUT2D eigenvalue weighted by atomic mass is 10.1. The number of benzene rings is 2. The molecule has 0 bridgehead atoms. The van der Waals surface area contributed by atoms with Gasteiger partial charge >= 0.3 is 12.4 Å². The fraction of sp³-hybridized carbons (Fsp3) is 0.222. The number of hydrogen-bond donors (Lipinski definition) is 0. The van der Waals surface area contributed by atoms with Crippen LogP contribution in [0.3, 0.4) is 0 Å². The highest BCUT2D eigenvalue weighted by atomic mass is 19.4. The Kier molecular flexibility index (Phi) is 4.37. The van der Waals surface area contributed by atoms with Crippen LogP contribution < -0.4 is 4.74 Å². The summed E-state index contributed by atoms with van der Waals surface area (Å²) >= 11 is 0. The zero-order valence-corrected chi connectivity index (χ0v) is 13.4. The maximum Gasteiger partial charge on any atom is 0.416 e. The molecule has 0 saturated carbocycles. The molecule has 3 rings (SSSR count). The van der Waals surface area contributed by atoms with E-state index in [9.17, 15) is 26.3 Å². The van der Waals surface area contributed by atoms with Gasteiger partial charge in [-0.3, -0.25) is 0 Å². The van der Waals surface area contributed by atoms with Crippen LogP contribution in [0.5, 0.6) is 5.75 Å². The Hall–Kier alpha value is -2.64. The van der Waals surface area contributed by atoms with E-state index in [1.807, 2.05) is 17.7 Å². The predicted octanol–water partition coefficient (Wildman–Crippen LogP) is 5.79. The molecule has 0 spiro atoms. The standard InChI is InChI=1S/C18H13F6NO/c1-25-6-5-14-15(25)3-2-4-16(14)26-10-11-7-12(17(19,20)21)9-13(8-11)18(22,23)24/h2-9H,10H2,1H3. The molecule has 0 radical (unpaired) electrons. The van der Waals surface area contributed by atoms with Crippen LogP contribution in [0.25, 0.3) is 10.9 Å². The van der Waals surface area contributed by atoms with Gasteiger partial charge in [-0.15, -0.1) is 0 Å². The first-order valence-corrected chi connectivity index (χ1v) is 7.51. The number of nitrogens with zero attached hydrogens (tertiary/aromatic N) is 1. The Morgan fingerprint density at radius 1 is 0.885 bits per heavy atom. The Bertz CT molecular complexity index is 907. The predicted molar refractivity (Wildman–Crippen MR) is 83.7 cm³/mol. The van der Waals surface area contributed by atoms with Gasteiger partial charge < -0.3 is 9.30 Å². The van der Waals surface area contributed by atoms with E-state index in [4.69, 9.17) is 4.74 Å². The smallest absolute Gasteiger partial charge is 0.416 e. The molecule has 2 nitrogen and oxygen atoms in total. The van der Waals surface area contributed by atoms with Gasteiger partial charge in [-0.2, -0.15) is 26.3 Å². The van der Waals surface area contributed by atoms with E-state index in [1.165, 1.54) is 0 Å². The first-order valence-electron chi connectivity index (χ1n) is 7.51. The van der Waals surface area contributed by atoms with Gasteiger partial charge in [0.05, 0.1) is 16.6 Å². The molecule has 1 aromatic heterocycles. The second-order valence-corrected chi connectivity index (χ2v) is 5.82. The van der Waals surface area contributed by atoms with Crippen molar-refractivity contribution in [3.8, 4) is 5.75 Å². The first kappa shape index (κ1) is 18.2. The average Bonchev–Trinajstić information content (AvgIpc) is 2.93. The summed E-state index contributed by atoms with van der Waals surface area (Å²) in [7, 11) is 1.81. The molecule has 0 aliphatic heterocycles. The minimum atomic E-state index is -4.88. The van der Waals surface area contributed by atoms with E-state index >= 15 is 0 Å². The van der Waals surface area contributed by atoms with Gasteiger partial charge in [-0.05, 0) is 42.0 Å². The number of aryl methyl sites for hydroxylation is 1. The van der Waals surface area contributed by atoms with E-state index in [0.717, 1.165) is 10.9 Å². The molecular formula is C18H13F6NO. The Morgan fingerprint density at radius 3 is 2.08 bits per heavy atom. The highest BCUT2D eigenvalue weighted by Crippen LogP contribution is 2.36. The molecule has 138 valence electrons. The summed E-state index contributed by atoms with van der Waals surface area (Å²) < 4.78 is 84.7. The molecule has 0 unspecified atom stereocenters. The third-order valence-corrected chi connectivity index (χ3v) is 3.93. The molecule has 0 fully saturated rings. The number of aromatic nitrogens is 1. The van der Waals surface area contributed by atoms with Crippen molar-refractivity contribution in [1.82, 2.24) is 4.57 Å². The highest BCUT2D eigenvalue weighted by Gasteiger charge is 2.36. The van der Waals surface area contributed by atoms with Crippen molar-refractivity contribution < 1.29 is 31.1 Å². The molecular weight excluding hydrogens is 360 g/mol. The lowest BCUT2D eigenvalue weighted by Crippen LogP contribution is -2.12. The Labute approximate surface area is 144 Å². The number of hydrogen-bond acceptors (Lipinski definition) is 1. The summed E-state index contributed by atoms with van der Waals surface area (Å²) in [5, 5.41) is 0.720. The molecule has 1 heterocycles. The third-order valence-electron chi connectivity index (χ3n) is 3.93. The molecule has 0 amide bonds. The Balaban J connectivity index is 1.94. The van der Waals surface area contributed by atoms with Crippen LogP contribution in [0.1, 0.15) is 16.7 Å². The van der Waals surface area contributed by atoms with Crippen molar-refractivity contribution in [3.05, 3.63) is 65.4 Å². The van der Waals surface area contributed by atoms with Gasteiger partial charge in [-0.25, -0.2) is 0 Å². The normalized spacial score (nSPS) is 12.6. The van der Waals surface area contributed by atoms with Gasteiger partial charge in [0.1, 0.15) is 12.4 Å². The summed E-state index contributed by atoms with van der Waals surface area (Å²) in [6.07, 6.45) is -7.98. The van der Waals surface area contributed by atoms with E-state index in [2.05, 4.69) is 0 Å². The first-order chi connectivity index (χ1) is 12.1. The van der Waals surface area contributed by atoms with Crippen LogP contribution in [-0.4, -0.2) is 4.57 Å². The summed E-state index contributed by atoms with van der Waals surface area (Å²) in [4.78, 5) is 0. The number of halogens is 6. The number of alkyl halides is 6. The van der Waals surface area contributed by atoms with Crippen molar-refractivity contribution in [2.75, 3.05) is 0 Å². The maximum atomic E-state index is 12.9. The van der Waals surface area contributed by atoms with Crippen LogP contribution in [-0.2, 0) is 26.0 Å². The molecule has 0 N–H and O–H groups in total.